The molecule has 0 saturated carbocycles. The second kappa shape index (κ2) is 11.0. The van der Waals surface area contributed by atoms with Crippen molar-refractivity contribution in [2.75, 3.05) is 36.4 Å². The van der Waals surface area contributed by atoms with Crippen molar-refractivity contribution in [3.63, 3.8) is 0 Å². The van der Waals surface area contributed by atoms with Crippen molar-refractivity contribution in [1.82, 2.24) is 9.88 Å². The van der Waals surface area contributed by atoms with Gasteiger partial charge in [-0.3, -0.25) is 0 Å². The van der Waals surface area contributed by atoms with Gasteiger partial charge in [-0.15, -0.1) is 0 Å². The van der Waals surface area contributed by atoms with Crippen molar-refractivity contribution in [3.05, 3.63) is 66.4 Å². The molecule has 0 atom stereocenters. The second-order valence-electron chi connectivity index (χ2n) is 7.64. The van der Waals surface area contributed by atoms with Crippen LogP contribution in [0.25, 0.3) is 10.8 Å². The first-order chi connectivity index (χ1) is 16.9. The predicted molar refractivity (Wildman–Crippen MR) is 127 cm³/mol. The maximum atomic E-state index is 13.0. The van der Waals surface area contributed by atoms with E-state index in [9.17, 15) is 26.3 Å². The molecule has 0 amide bonds. The van der Waals surface area contributed by atoms with Crippen LogP contribution in [-0.2, 0) is 11.0 Å². The number of carboxylic acid groups (broad SMARTS) is 1. The van der Waals surface area contributed by atoms with Crippen molar-refractivity contribution in [2.45, 2.75) is 12.4 Å². The zero-order valence-corrected chi connectivity index (χ0v) is 19.3. The van der Waals surface area contributed by atoms with Gasteiger partial charge in [0.25, 0.3) is 0 Å². The number of aromatic nitrogens is 1. The van der Waals surface area contributed by atoms with Crippen LogP contribution < -0.4 is 10.2 Å². The average molecular weight is 530 g/mol. The first kappa shape index (κ1) is 27.0. The number of hydrogen-bond acceptors (Lipinski definition) is 4. The fraction of sp³-hybridized carbons (Fsp3) is 0.261. The van der Waals surface area contributed by atoms with E-state index in [2.05, 4.69) is 10.3 Å². The first-order valence-electron chi connectivity index (χ1n) is 10.5. The van der Waals surface area contributed by atoms with Crippen LogP contribution in [0, 0.1) is 0 Å². The Hall–Kier alpha value is -3.61. The van der Waals surface area contributed by atoms with E-state index in [-0.39, 0.29) is 0 Å². The van der Waals surface area contributed by atoms with Gasteiger partial charge in [-0.2, -0.15) is 26.3 Å². The number of pyridine rings is 1. The number of halogens is 6. The zero-order valence-electron chi connectivity index (χ0n) is 18.5. The van der Waals surface area contributed by atoms with E-state index in [0.717, 1.165) is 16.8 Å². The van der Waals surface area contributed by atoms with Crippen LogP contribution in [0.2, 0.25) is 0 Å². The minimum Gasteiger partial charge on any atom is -0.475 e. The molecule has 1 aromatic heterocycles. The highest BCUT2D eigenvalue weighted by Gasteiger charge is 2.38. The van der Waals surface area contributed by atoms with Crippen LogP contribution in [-0.4, -0.2) is 58.4 Å². The Labute approximate surface area is 207 Å². The van der Waals surface area contributed by atoms with Gasteiger partial charge in [0.15, 0.2) is 5.11 Å². The van der Waals surface area contributed by atoms with Crippen LogP contribution in [0.1, 0.15) is 5.56 Å². The summed E-state index contributed by atoms with van der Waals surface area (Å²) in [5.74, 6) is -2.05. The fourth-order valence-electron chi connectivity index (χ4n) is 3.45. The quantitative estimate of drug-likeness (QED) is 0.340. The van der Waals surface area contributed by atoms with Gasteiger partial charge in [0.1, 0.15) is 5.82 Å². The van der Waals surface area contributed by atoms with E-state index in [1.165, 1.54) is 12.1 Å². The number of nitrogens with zero attached hydrogens (tertiary/aromatic N) is 3. The molecule has 2 aromatic carbocycles. The van der Waals surface area contributed by atoms with E-state index in [1.807, 2.05) is 40.1 Å². The molecule has 36 heavy (non-hydrogen) atoms. The lowest BCUT2D eigenvalue weighted by molar-refractivity contribution is -0.192. The molecule has 0 spiro atoms. The molecule has 2 N–H and O–H groups in total. The normalized spacial score (nSPS) is 14.2. The topological polar surface area (TPSA) is 68.7 Å². The molecule has 4 rings (SSSR count). The van der Waals surface area contributed by atoms with Gasteiger partial charge >= 0.3 is 18.3 Å². The van der Waals surface area contributed by atoms with Gasteiger partial charge in [0, 0.05) is 43.4 Å². The summed E-state index contributed by atoms with van der Waals surface area (Å²) in [6.45, 7) is 2.41. The molecule has 1 saturated heterocycles. The molecule has 0 radical (unpaired) electrons. The lowest BCUT2D eigenvalue weighted by Gasteiger charge is -2.37. The molecule has 2 heterocycles. The summed E-state index contributed by atoms with van der Waals surface area (Å²) in [4.78, 5) is 17.3. The summed E-state index contributed by atoms with van der Waals surface area (Å²) in [5, 5.41) is 13.0. The smallest absolute Gasteiger partial charge is 0.475 e. The van der Waals surface area contributed by atoms with Crippen molar-refractivity contribution < 1.29 is 36.2 Å². The molecule has 3 aromatic rings. The number of fused-ring (bicyclic) bond motifs is 1. The lowest BCUT2D eigenvalue weighted by atomic mass is 10.1. The number of benzene rings is 2. The summed E-state index contributed by atoms with van der Waals surface area (Å²) in [6, 6.07) is 15.3. The number of rotatable bonds is 2. The highest BCUT2D eigenvalue weighted by Crippen LogP contribution is 2.32. The van der Waals surface area contributed by atoms with Gasteiger partial charge in [0.2, 0.25) is 0 Å². The predicted octanol–water partition coefficient (Wildman–Crippen LogP) is 5.41. The minimum absolute atomic E-state index is 0.567. The lowest BCUT2D eigenvalue weighted by Crippen LogP contribution is -2.50. The van der Waals surface area contributed by atoms with Crippen LogP contribution in [0.3, 0.4) is 0 Å². The molecule has 0 unspecified atom stereocenters. The summed E-state index contributed by atoms with van der Waals surface area (Å²) in [7, 11) is 0. The second-order valence-corrected chi connectivity index (χ2v) is 8.02. The zero-order chi connectivity index (χ0) is 26.5. The monoisotopic (exact) mass is 530 g/mol. The van der Waals surface area contributed by atoms with Crippen molar-refractivity contribution in [2.24, 2.45) is 0 Å². The molecule has 1 aliphatic heterocycles. The van der Waals surface area contributed by atoms with E-state index in [4.69, 9.17) is 22.1 Å². The Morgan fingerprint density at radius 2 is 1.58 bits per heavy atom. The van der Waals surface area contributed by atoms with Crippen LogP contribution in [0.15, 0.2) is 60.8 Å². The first-order valence-corrected chi connectivity index (χ1v) is 10.9. The van der Waals surface area contributed by atoms with E-state index in [0.29, 0.717) is 42.8 Å². The van der Waals surface area contributed by atoms with E-state index < -0.39 is 23.9 Å². The Bertz CT molecular complexity index is 1220. The molecule has 1 fully saturated rings. The summed E-state index contributed by atoms with van der Waals surface area (Å²) in [6.07, 6.45) is -7.69. The number of anilines is 2. The van der Waals surface area contributed by atoms with Gasteiger partial charge in [-0.05, 0) is 41.9 Å². The van der Waals surface area contributed by atoms with Crippen LogP contribution in [0.5, 0.6) is 0 Å². The SMILES string of the molecule is FC(F)(F)c1cccc(N2CCN(C(=S)Nc3nccc4ccccc34)CC2)c1.O=C(O)C(F)(F)F. The Kier molecular flexibility index (Phi) is 8.23. The van der Waals surface area contributed by atoms with E-state index in [1.54, 1.807) is 12.3 Å². The van der Waals surface area contributed by atoms with Crippen molar-refractivity contribution in [3.8, 4) is 0 Å². The highest BCUT2D eigenvalue weighted by atomic mass is 32.1. The maximum absolute atomic E-state index is 13.0. The van der Waals surface area contributed by atoms with Gasteiger partial charge in [0.05, 0.1) is 5.56 Å². The van der Waals surface area contributed by atoms with Gasteiger partial charge in [-0.25, -0.2) is 9.78 Å². The Morgan fingerprint density at radius 3 is 2.19 bits per heavy atom. The largest absolute Gasteiger partial charge is 0.490 e. The third-order valence-corrected chi connectivity index (χ3v) is 5.61. The number of nitrogens with one attached hydrogen (secondary N) is 1. The van der Waals surface area contributed by atoms with Crippen molar-refractivity contribution in [1.29, 1.82) is 0 Å². The van der Waals surface area contributed by atoms with Gasteiger partial charge < -0.3 is 20.2 Å². The molecule has 1 aliphatic rings. The average Bonchev–Trinajstić information content (AvgIpc) is 2.84. The fourth-order valence-corrected chi connectivity index (χ4v) is 3.73. The molecule has 0 bridgehead atoms. The van der Waals surface area contributed by atoms with Gasteiger partial charge in [-0.1, -0.05) is 30.3 Å². The Balaban J connectivity index is 0.000000454. The summed E-state index contributed by atoms with van der Waals surface area (Å²) in [5.41, 5.74) is -0.0503. The molecule has 6 nitrogen and oxygen atoms in total. The number of carboxylic acids is 1. The van der Waals surface area contributed by atoms with Crippen LogP contribution >= 0.6 is 12.2 Å². The van der Waals surface area contributed by atoms with E-state index >= 15 is 0 Å². The number of alkyl halides is 6. The third-order valence-electron chi connectivity index (χ3n) is 5.25. The number of hydrogen-bond donors (Lipinski definition) is 2. The minimum atomic E-state index is -5.08. The third kappa shape index (κ3) is 6.97. The number of aliphatic carboxylic acids is 1. The standard InChI is InChI=1S/C21H19F3N4S.C2HF3O2/c22-21(23,24)16-5-3-6-17(14-16)27-10-12-28(13-11-27)20(29)26-19-18-7-2-1-4-15(18)8-9-25-19;3-2(4,5)1(6)7/h1-9,14H,10-13H2,(H,25,26,29);(H,6,7). The molecule has 192 valence electrons. The van der Waals surface area contributed by atoms with Crippen LogP contribution in [0.4, 0.5) is 37.8 Å². The molecular weight excluding hydrogens is 510 g/mol. The Morgan fingerprint density at radius 1 is 0.944 bits per heavy atom. The summed E-state index contributed by atoms with van der Waals surface area (Å²) < 4.78 is 70.6. The molecular formula is C23H20F6N4O2S. The number of thiocarbonyl (C=S) groups is 1. The number of piperazine rings is 1. The van der Waals surface area contributed by atoms with Crippen molar-refractivity contribution >= 4 is 45.6 Å². The summed E-state index contributed by atoms with van der Waals surface area (Å²) >= 11 is 5.55. The number of carbonyl (C=O) groups is 1. The highest BCUT2D eigenvalue weighted by molar-refractivity contribution is 7.80. The maximum Gasteiger partial charge on any atom is 0.490 e. The molecule has 13 heteroatoms. The molecule has 0 aliphatic carbocycles.